The molecule has 0 saturated heterocycles. The van der Waals surface area contributed by atoms with Crippen molar-refractivity contribution in [2.45, 2.75) is 26.4 Å². The Balaban J connectivity index is 1.70. The molecule has 100 valence electrons. The Bertz CT molecular complexity index is 381. The molecular weight excluding hydrogens is 296 g/mol. The van der Waals surface area contributed by atoms with Crippen molar-refractivity contribution in [2.75, 3.05) is 18.7 Å². The van der Waals surface area contributed by atoms with Gasteiger partial charge in [-0.1, -0.05) is 28.9 Å². The smallest absolute Gasteiger partial charge is 0.231 e. The van der Waals surface area contributed by atoms with Gasteiger partial charge in [-0.3, -0.25) is 0 Å². The van der Waals surface area contributed by atoms with E-state index in [4.69, 9.17) is 14.2 Å². The van der Waals surface area contributed by atoms with Crippen molar-refractivity contribution in [2.24, 2.45) is 5.92 Å². The molecule has 0 radical (unpaired) electrons. The molecule has 0 aromatic heterocycles. The third kappa shape index (κ3) is 3.89. The maximum absolute atomic E-state index is 5.68. The van der Waals surface area contributed by atoms with Gasteiger partial charge in [-0.25, -0.2) is 0 Å². The van der Waals surface area contributed by atoms with Gasteiger partial charge in [0.25, 0.3) is 0 Å². The Morgan fingerprint density at radius 3 is 2.94 bits per heavy atom. The van der Waals surface area contributed by atoms with Gasteiger partial charge in [0, 0.05) is 11.9 Å². The summed E-state index contributed by atoms with van der Waals surface area (Å²) in [6.07, 6.45) is 2.31. The van der Waals surface area contributed by atoms with Crippen LogP contribution >= 0.6 is 15.9 Å². The van der Waals surface area contributed by atoms with Crippen LogP contribution < -0.4 is 9.47 Å². The molecule has 1 aliphatic rings. The van der Waals surface area contributed by atoms with Crippen LogP contribution in [0.5, 0.6) is 11.5 Å². The molecule has 18 heavy (non-hydrogen) atoms. The van der Waals surface area contributed by atoms with Crippen LogP contribution in [0.1, 0.15) is 25.3 Å². The normalized spacial score (nSPS) is 14.8. The fourth-order valence-electron chi connectivity index (χ4n) is 1.84. The largest absolute Gasteiger partial charge is 0.454 e. The molecule has 1 atom stereocenters. The molecule has 4 heteroatoms. The first-order valence-corrected chi connectivity index (χ1v) is 7.44. The van der Waals surface area contributed by atoms with E-state index in [1.165, 1.54) is 6.42 Å². The SMILES string of the molecule is CC(CCBr)CCOCc1ccc2c(c1)OCO2. The summed E-state index contributed by atoms with van der Waals surface area (Å²) in [5.74, 6) is 2.36. The third-order valence-corrected chi connectivity index (χ3v) is 3.52. The van der Waals surface area contributed by atoms with Crippen molar-refractivity contribution in [3.8, 4) is 11.5 Å². The molecule has 1 aromatic rings. The Hall–Kier alpha value is -0.740. The Labute approximate surface area is 117 Å². The maximum atomic E-state index is 5.68. The first kappa shape index (κ1) is 13.7. The van der Waals surface area contributed by atoms with E-state index in [1.807, 2.05) is 18.2 Å². The monoisotopic (exact) mass is 314 g/mol. The molecule has 1 aromatic carbocycles. The topological polar surface area (TPSA) is 27.7 Å². The van der Waals surface area contributed by atoms with E-state index in [0.717, 1.165) is 35.4 Å². The lowest BCUT2D eigenvalue weighted by Crippen LogP contribution is -2.02. The molecule has 3 nitrogen and oxygen atoms in total. The Morgan fingerprint density at radius 2 is 2.11 bits per heavy atom. The van der Waals surface area contributed by atoms with Crippen LogP contribution in [0.25, 0.3) is 0 Å². The van der Waals surface area contributed by atoms with E-state index >= 15 is 0 Å². The summed E-state index contributed by atoms with van der Waals surface area (Å²) in [7, 11) is 0. The highest BCUT2D eigenvalue weighted by molar-refractivity contribution is 9.09. The van der Waals surface area contributed by atoms with Crippen molar-refractivity contribution in [3.05, 3.63) is 23.8 Å². The molecule has 0 bridgehead atoms. The van der Waals surface area contributed by atoms with Crippen LogP contribution in [-0.2, 0) is 11.3 Å². The lowest BCUT2D eigenvalue weighted by Gasteiger charge is -2.10. The lowest BCUT2D eigenvalue weighted by atomic mass is 10.1. The van der Waals surface area contributed by atoms with Crippen molar-refractivity contribution < 1.29 is 14.2 Å². The van der Waals surface area contributed by atoms with Crippen molar-refractivity contribution in [1.82, 2.24) is 0 Å². The van der Waals surface area contributed by atoms with Gasteiger partial charge in [-0.2, -0.15) is 0 Å². The predicted molar refractivity (Wildman–Crippen MR) is 74.4 cm³/mol. The van der Waals surface area contributed by atoms with E-state index in [-0.39, 0.29) is 0 Å². The van der Waals surface area contributed by atoms with Gasteiger partial charge < -0.3 is 14.2 Å². The average Bonchev–Trinajstić information content (AvgIpc) is 2.82. The minimum Gasteiger partial charge on any atom is -0.454 e. The van der Waals surface area contributed by atoms with Crippen LogP contribution in [0.3, 0.4) is 0 Å². The van der Waals surface area contributed by atoms with Crippen LogP contribution in [0.4, 0.5) is 0 Å². The highest BCUT2D eigenvalue weighted by Gasteiger charge is 2.13. The molecule has 0 spiro atoms. The number of alkyl halides is 1. The lowest BCUT2D eigenvalue weighted by molar-refractivity contribution is 0.108. The highest BCUT2D eigenvalue weighted by Crippen LogP contribution is 2.32. The van der Waals surface area contributed by atoms with Gasteiger partial charge in [-0.15, -0.1) is 0 Å². The quantitative estimate of drug-likeness (QED) is 0.567. The number of hydrogen-bond acceptors (Lipinski definition) is 3. The molecule has 2 rings (SSSR count). The molecular formula is C14H19BrO3. The second-order valence-electron chi connectivity index (χ2n) is 4.61. The summed E-state index contributed by atoms with van der Waals surface area (Å²) in [6, 6.07) is 5.95. The molecule has 1 aliphatic heterocycles. The van der Waals surface area contributed by atoms with Crippen molar-refractivity contribution in [1.29, 1.82) is 0 Å². The van der Waals surface area contributed by atoms with Gasteiger partial charge in [-0.05, 0) is 36.5 Å². The fraction of sp³-hybridized carbons (Fsp3) is 0.571. The van der Waals surface area contributed by atoms with Crippen LogP contribution in [0.2, 0.25) is 0 Å². The van der Waals surface area contributed by atoms with Crippen molar-refractivity contribution >= 4 is 15.9 Å². The molecule has 1 heterocycles. The fourth-order valence-corrected chi connectivity index (χ4v) is 2.62. The molecule has 0 amide bonds. The van der Waals surface area contributed by atoms with Gasteiger partial charge in [0.05, 0.1) is 6.61 Å². The second-order valence-corrected chi connectivity index (χ2v) is 5.40. The highest BCUT2D eigenvalue weighted by atomic mass is 79.9. The van der Waals surface area contributed by atoms with E-state index in [2.05, 4.69) is 22.9 Å². The maximum Gasteiger partial charge on any atom is 0.231 e. The number of fused-ring (bicyclic) bond motifs is 1. The first-order chi connectivity index (χ1) is 8.79. The van der Waals surface area contributed by atoms with E-state index in [9.17, 15) is 0 Å². The number of ether oxygens (including phenoxy) is 3. The predicted octanol–water partition coefficient (Wildman–Crippen LogP) is 3.74. The molecule has 0 fully saturated rings. The average molecular weight is 315 g/mol. The second kappa shape index (κ2) is 7.00. The van der Waals surface area contributed by atoms with Gasteiger partial charge in [0.15, 0.2) is 11.5 Å². The Morgan fingerprint density at radius 1 is 1.28 bits per heavy atom. The molecule has 0 saturated carbocycles. The summed E-state index contributed by atoms with van der Waals surface area (Å²) in [6.45, 7) is 4.02. The number of benzene rings is 1. The summed E-state index contributed by atoms with van der Waals surface area (Å²) in [5.41, 5.74) is 1.13. The first-order valence-electron chi connectivity index (χ1n) is 6.32. The van der Waals surface area contributed by atoms with Crippen LogP contribution in [0, 0.1) is 5.92 Å². The standard InChI is InChI=1S/C14H19BrO3/c1-11(4-6-15)5-7-16-9-12-2-3-13-14(8-12)18-10-17-13/h2-3,8,11H,4-7,9-10H2,1H3. The molecule has 1 unspecified atom stereocenters. The minimum absolute atomic E-state index is 0.323. The minimum atomic E-state index is 0.323. The molecule has 0 N–H and O–H groups in total. The van der Waals surface area contributed by atoms with E-state index in [1.54, 1.807) is 0 Å². The van der Waals surface area contributed by atoms with E-state index < -0.39 is 0 Å². The van der Waals surface area contributed by atoms with E-state index in [0.29, 0.717) is 19.3 Å². The molecule has 0 aliphatic carbocycles. The summed E-state index contributed by atoms with van der Waals surface area (Å²) in [5, 5.41) is 1.07. The van der Waals surface area contributed by atoms with Gasteiger partial charge in [0.1, 0.15) is 0 Å². The zero-order chi connectivity index (χ0) is 12.8. The summed E-state index contributed by atoms with van der Waals surface area (Å²) in [4.78, 5) is 0. The van der Waals surface area contributed by atoms with Crippen LogP contribution in [-0.4, -0.2) is 18.7 Å². The third-order valence-electron chi connectivity index (χ3n) is 3.06. The van der Waals surface area contributed by atoms with Gasteiger partial charge in [0.2, 0.25) is 6.79 Å². The van der Waals surface area contributed by atoms with Crippen LogP contribution in [0.15, 0.2) is 18.2 Å². The number of halogens is 1. The zero-order valence-electron chi connectivity index (χ0n) is 10.7. The summed E-state index contributed by atoms with van der Waals surface area (Å²) >= 11 is 3.46. The summed E-state index contributed by atoms with van der Waals surface area (Å²) < 4.78 is 16.3. The number of hydrogen-bond donors (Lipinski definition) is 0. The number of rotatable bonds is 7. The van der Waals surface area contributed by atoms with Crippen molar-refractivity contribution in [3.63, 3.8) is 0 Å². The zero-order valence-corrected chi connectivity index (χ0v) is 12.2. The Kier molecular flexibility index (Phi) is 5.32. The van der Waals surface area contributed by atoms with Gasteiger partial charge >= 0.3 is 0 Å².